The third-order valence-corrected chi connectivity index (χ3v) is 8.76. The molecule has 2 aromatic heterocycles. The summed E-state index contributed by atoms with van der Waals surface area (Å²) in [6, 6.07) is 13.1. The number of aromatic nitrogens is 3. The summed E-state index contributed by atoms with van der Waals surface area (Å²) >= 11 is 0. The molecule has 4 heterocycles. The van der Waals surface area contributed by atoms with Gasteiger partial charge in [0.15, 0.2) is 23.6 Å². The van der Waals surface area contributed by atoms with Gasteiger partial charge in [-0.05, 0) is 37.3 Å². The lowest BCUT2D eigenvalue weighted by Crippen LogP contribution is -2.55. The molecule has 36 heavy (non-hydrogen) atoms. The van der Waals surface area contributed by atoms with Crippen LogP contribution in [0.25, 0.3) is 22.9 Å². The summed E-state index contributed by atoms with van der Waals surface area (Å²) < 4.78 is 13.9. The zero-order chi connectivity index (χ0) is 24.9. The first-order chi connectivity index (χ1) is 17.4. The highest BCUT2D eigenvalue weighted by molar-refractivity contribution is 6.88. The predicted molar refractivity (Wildman–Crippen MR) is 146 cm³/mol. The van der Waals surface area contributed by atoms with E-state index in [1.54, 1.807) is 6.33 Å². The number of rotatable bonds is 4. The second-order valence-corrected chi connectivity index (χ2v) is 15.3. The van der Waals surface area contributed by atoms with Crippen molar-refractivity contribution in [2.45, 2.75) is 26.6 Å². The molecule has 2 aliphatic rings. The number of fused-ring (bicyclic) bond motifs is 2. The van der Waals surface area contributed by atoms with Gasteiger partial charge in [0, 0.05) is 11.8 Å². The van der Waals surface area contributed by atoms with Crippen LogP contribution >= 0.6 is 0 Å². The van der Waals surface area contributed by atoms with Crippen LogP contribution < -0.4 is 10.2 Å². The Morgan fingerprint density at radius 2 is 1.81 bits per heavy atom. The maximum absolute atomic E-state index is 6.13. The van der Waals surface area contributed by atoms with Gasteiger partial charge < -0.3 is 13.7 Å². The van der Waals surface area contributed by atoms with Crippen molar-refractivity contribution in [1.82, 2.24) is 19.5 Å². The second-order valence-electron chi connectivity index (χ2n) is 10.2. The molecule has 2 aromatic carbocycles. The fourth-order valence-corrected chi connectivity index (χ4v) is 5.95. The summed E-state index contributed by atoms with van der Waals surface area (Å²) in [4.78, 5) is 13.7. The van der Waals surface area contributed by atoms with Crippen molar-refractivity contribution in [3.05, 3.63) is 72.3 Å². The van der Waals surface area contributed by atoms with Gasteiger partial charge in [-0.15, -0.1) is 0 Å². The summed E-state index contributed by atoms with van der Waals surface area (Å²) in [5.41, 5.74) is 5.45. The molecule has 0 radical (unpaired) electrons. The minimum Gasteiger partial charge on any atom is -0.488 e. The number of nitrogens with zero attached hydrogens (tertiary/aromatic N) is 6. The first kappa shape index (κ1) is 22.6. The highest BCUT2D eigenvalue weighted by Gasteiger charge is 2.31. The van der Waals surface area contributed by atoms with E-state index in [1.165, 1.54) is 17.3 Å². The van der Waals surface area contributed by atoms with Crippen molar-refractivity contribution < 1.29 is 9.15 Å². The van der Waals surface area contributed by atoms with E-state index in [-0.39, 0.29) is 0 Å². The predicted octanol–water partition coefficient (Wildman–Crippen LogP) is 4.37. The van der Waals surface area contributed by atoms with Crippen molar-refractivity contribution in [3.8, 4) is 5.69 Å². The smallest absolute Gasteiger partial charge is 0.185 e. The molecule has 0 spiro atoms. The molecule has 0 saturated carbocycles. The number of aryl methyl sites for hydroxylation is 1. The molecule has 0 N–H and O–H groups in total. The van der Waals surface area contributed by atoms with Gasteiger partial charge in [0.25, 0.3) is 0 Å². The van der Waals surface area contributed by atoms with Gasteiger partial charge in [-0.1, -0.05) is 37.0 Å². The van der Waals surface area contributed by atoms with Crippen molar-refractivity contribution in [2.24, 2.45) is 4.99 Å². The Hall–Kier alpha value is -3.85. The van der Waals surface area contributed by atoms with Crippen LogP contribution in [0.5, 0.6) is 0 Å². The highest BCUT2D eigenvalue weighted by atomic mass is 28.3. The summed E-state index contributed by atoms with van der Waals surface area (Å²) in [5.74, 6) is 1.59. The standard InChI is InChI=1S/C27H30N6O2Si/c1-19-16-31(17-29-19)23-10-5-20(26-25(23)30-18-35-26)15-24-27-28-11-12-32(33(27)13-14-34-24)21-6-8-22(9-7-21)36(2,3)4/h5-10,15-18H,11-14H2,1-4H3. The quantitative estimate of drug-likeness (QED) is 0.389. The molecular weight excluding hydrogens is 468 g/mol. The number of hydrogen-bond donors (Lipinski definition) is 0. The molecule has 0 bridgehead atoms. The van der Waals surface area contributed by atoms with E-state index in [9.17, 15) is 0 Å². The van der Waals surface area contributed by atoms with E-state index >= 15 is 0 Å². The van der Waals surface area contributed by atoms with E-state index in [0.717, 1.165) is 47.1 Å². The fourth-order valence-electron chi connectivity index (χ4n) is 4.79. The van der Waals surface area contributed by atoms with Gasteiger partial charge in [-0.25, -0.2) is 9.97 Å². The minimum atomic E-state index is -1.34. The van der Waals surface area contributed by atoms with E-state index in [4.69, 9.17) is 14.1 Å². The van der Waals surface area contributed by atoms with Gasteiger partial charge >= 0.3 is 0 Å². The van der Waals surface area contributed by atoms with Crippen molar-refractivity contribution in [2.75, 3.05) is 31.3 Å². The number of imidazole rings is 1. The number of oxazole rings is 1. The number of amidine groups is 1. The SMILES string of the molecule is Cc1cn(-c2ccc(C=C3OCCN4C3=NCCN4c3ccc([Si](C)(C)C)cc3)c3ocnc23)cn1. The topological polar surface area (TPSA) is 71.9 Å². The van der Waals surface area contributed by atoms with Crippen molar-refractivity contribution in [3.63, 3.8) is 0 Å². The third kappa shape index (κ3) is 3.99. The molecule has 1 fully saturated rings. The molecular formula is C27H30N6O2Si. The summed E-state index contributed by atoms with van der Waals surface area (Å²) in [7, 11) is -1.34. The van der Waals surface area contributed by atoms with E-state index in [1.807, 2.05) is 35.9 Å². The largest absolute Gasteiger partial charge is 0.488 e. The maximum Gasteiger partial charge on any atom is 0.185 e. The molecule has 9 heteroatoms. The van der Waals surface area contributed by atoms with Crippen LogP contribution in [0.4, 0.5) is 5.69 Å². The zero-order valence-corrected chi connectivity index (χ0v) is 22.1. The molecule has 0 amide bonds. The van der Waals surface area contributed by atoms with Gasteiger partial charge in [0.05, 0.1) is 51.1 Å². The third-order valence-electron chi connectivity index (χ3n) is 6.69. The van der Waals surface area contributed by atoms with Gasteiger partial charge in [-0.2, -0.15) is 0 Å². The first-order valence-corrected chi connectivity index (χ1v) is 15.8. The van der Waals surface area contributed by atoms with Crippen LogP contribution in [0.15, 0.2) is 70.5 Å². The van der Waals surface area contributed by atoms with E-state index < -0.39 is 8.07 Å². The van der Waals surface area contributed by atoms with Gasteiger partial charge in [0.2, 0.25) is 0 Å². The monoisotopic (exact) mass is 498 g/mol. The maximum atomic E-state index is 6.13. The summed E-state index contributed by atoms with van der Waals surface area (Å²) in [6.07, 6.45) is 7.27. The number of ether oxygens (including phenoxy) is 1. The van der Waals surface area contributed by atoms with Crippen LogP contribution in [0.2, 0.25) is 19.6 Å². The number of hydrazine groups is 1. The van der Waals surface area contributed by atoms with E-state index in [0.29, 0.717) is 18.7 Å². The van der Waals surface area contributed by atoms with E-state index in [2.05, 4.69) is 63.9 Å². The first-order valence-electron chi connectivity index (χ1n) is 12.3. The number of anilines is 1. The van der Waals surface area contributed by atoms with Gasteiger partial charge in [-0.3, -0.25) is 15.0 Å². The Morgan fingerprint density at radius 3 is 2.56 bits per heavy atom. The van der Waals surface area contributed by atoms with Crippen LogP contribution in [-0.2, 0) is 4.74 Å². The Labute approximate surface area is 211 Å². The lowest BCUT2D eigenvalue weighted by molar-refractivity contribution is 0.160. The lowest BCUT2D eigenvalue weighted by atomic mass is 10.1. The molecule has 1 saturated heterocycles. The van der Waals surface area contributed by atoms with Crippen LogP contribution in [-0.4, -0.2) is 59.7 Å². The fraction of sp³-hybridized carbons (Fsp3) is 0.296. The second kappa shape index (κ2) is 8.67. The zero-order valence-electron chi connectivity index (χ0n) is 21.1. The molecule has 0 unspecified atom stereocenters. The van der Waals surface area contributed by atoms with Crippen LogP contribution in [0.1, 0.15) is 11.3 Å². The van der Waals surface area contributed by atoms with Crippen LogP contribution in [0.3, 0.4) is 0 Å². The number of benzene rings is 2. The average molecular weight is 499 g/mol. The van der Waals surface area contributed by atoms with Gasteiger partial charge in [0.1, 0.15) is 12.1 Å². The summed E-state index contributed by atoms with van der Waals surface area (Å²) in [5, 5.41) is 6.02. The minimum absolute atomic E-state index is 0.584. The normalized spacial score (nSPS) is 17.3. The number of morpholine rings is 1. The lowest BCUT2D eigenvalue weighted by Gasteiger charge is -2.44. The Balaban J connectivity index is 1.33. The molecule has 4 aromatic rings. The molecule has 0 aliphatic carbocycles. The molecule has 8 nitrogen and oxygen atoms in total. The average Bonchev–Trinajstić information content (AvgIpc) is 3.53. The molecule has 184 valence electrons. The van der Waals surface area contributed by atoms with Crippen molar-refractivity contribution in [1.29, 1.82) is 0 Å². The number of hydrogen-bond acceptors (Lipinski definition) is 7. The Kier molecular flexibility index (Phi) is 5.44. The molecule has 6 rings (SSSR count). The molecule has 0 atom stereocenters. The number of aliphatic imine (C=N–C) groups is 1. The Morgan fingerprint density at radius 1 is 0.972 bits per heavy atom. The highest BCUT2D eigenvalue weighted by Crippen LogP contribution is 2.29. The summed E-state index contributed by atoms with van der Waals surface area (Å²) in [6.45, 7) is 12.0. The van der Waals surface area contributed by atoms with Crippen LogP contribution in [0, 0.1) is 6.92 Å². The molecule has 2 aliphatic heterocycles. The van der Waals surface area contributed by atoms with Crippen molar-refractivity contribution >= 4 is 42.0 Å². The Bertz CT molecular complexity index is 1480.